The number of nitrogens with zero attached hydrogens (tertiary/aromatic N) is 1. The summed E-state index contributed by atoms with van der Waals surface area (Å²) in [4.78, 5) is 0.0672. The van der Waals surface area contributed by atoms with Crippen LogP contribution in [-0.4, -0.2) is 39.0 Å². The molecule has 5 nitrogen and oxygen atoms in total. The van der Waals surface area contributed by atoms with Gasteiger partial charge in [0.05, 0.1) is 26.7 Å². The second kappa shape index (κ2) is 6.07. The number of nitrogen functional groups attached to an aromatic ring is 1. The highest BCUT2D eigenvalue weighted by Crippen LogP contribution is 2.32. The van der Waals surface area contributed by atoms with Crippen LogP contribution in [0.3, 0.4) is 0 Å². The van der Waals surface area contributed by atoms with Crippen LogP contribution in [0, 0.1) is 0 Å². The zero-order valence-corrected chi connectivity index (χ0v) is 13.3. The van der Waals surface area contributed by atoms with Crippen molar-refractivity contribution < 1.29 is 13.2 Å². The molecule has 1 aliphatic rings. The first-order valence-corrected chi connectivity index (χ1v) is 8.33. The molecule has 0 amide bonds. The summed E-state index contributed by atoms with van der Waals surface area (Å²) in [6.45, 7) is 0.834. The van der Waals surface area contributed by atoms with Crippen molar-refractivity contribution >= 4 is 38.9 Å². The molecule has 1 aliphatic heterocycles. The van der Waals surface area contributed by atoms with Crippen LogP contribution in [-0.2, 0) is 14.8 Å². The highest BCUT2D eigenvalue weighted by atomic mass is 35.5. The van der Waals surface area contributed by atoms with E-state index in [0.29, 0.717) is 25.9 Å². The Hall–Kier alpha value is -0.530. The number of nitrogens with two attached hydrogens (primary N) is 1. The van der Waals surface area contributed by atoms with Crippen LogP contribution >= 0.6 is 23.2 Å². The fourth-order valence-electron chi connectivity index (χ4n) is 2.17. The summed E-state index contributed by atoms with van der Waals surface area (Å²) in [5, 5.41) is 0.283. The molecule has 0 atom stereocenters. The summed E-state index contributed by atoms with van der Waals surface area (Å²) in [5.41, 5.74) is 5.81. The third-order valence-electron chi connectivity index (χ3n) is 3.42. The minimum Gasteiger partial charge on any atom is -0.396 e. The number of hydrogen-bond acceptors (Lipinski definition) is 4. The molecule has 112 valence electrons. The van der Waals surface area contributed by atoms with Gasteiger partial charge in [0.25, 0.3) is 0 Å². The van der Waals surface area contributed by atoms with Gasteiger partial charge in [-0.2, -0.15) is 4.31 Å². The van der Waals surface area contributed by atoms with Crippen molar-refractivity contribution in [2.24, 2.45) is 0 Å². The normalized spacial score (nSPS) is 18.4. The second-order valence-electron chi connectivity index (χ2n) is 4.64. The molecule has 1 aromatic carbocycles. The number of sulfonamides is 1. The summed E-state index contributed by atoms with van der Waals surface area (Å²) >= 11 is 11.8. The average Bonchev–Trinajstić information content (AvgIpc) is 2.44. The van der Waals surface area contributed by atoms with Gasteiger partial charge >= 0.3 is 0 Å². The third kappa shape index (κ3) is 3.04. The summed E-state index contributed by atoms with van der Waals surface area (Å²) in [6, 6.07) is 2.67. The molecule has 0 spiro atoms. The van der Waals surface area contributed by atoms with Gasteiger partial charge in [-0.1, -0.05) is 23.2 Å². The number of piperidine rings is 1. The van der Waals surface area contributed by atoms with E-state index in [-0.39, 0.29) is 26.7 Å². The Labute approximate surface area is 128 Å². The summed E-state index contributed by atoms with van der Waals surface area (Å²) < 4.78 is 31.7. The fourth-order valence-corrected chi connectivity index (χ4v) is 4.31. The molecule has 20 heavy (non-hydrogen) atoms. The molecule has 8 heteroatoms. The maximum atomic E-state index is 12.5. The topological polar surface area (TPSA) is 72.6 Å². The van der Waals surface area contributed by atoms with Crippen molar-refractivity contribution in [3.63, 3.8) is 0 Å². The molecule has 1 heterocycles. The van der Waals surface area contributed by atoms with Gasteiger partial charge in [-0.05, 0) is 25.0 Å². The maximum Gasteiger partial charge on any atom is 0.243 e. The predicted molar refractivity (Wildman–Crippen MR) is 79.7 cm³/mol. The van der Waals surface area contributed by atoms with Crippen LogP contribution in [0.4, 0.5) is 5.69 Å². The maximum absolute atomic E-state index is 12.5. The van der Waals surface area contributed by atoms with Crippen molar-refractivity contribution in [1.82, 2.24) is 4.31 Å². The highest BCUT2D eigenvalue weighted by molar-refractivity contribution is 7.89. The number of methoxy groups -OCH3 is 1. The van der Waals surface area contributed by atoms with Crippen LogP contribution in [0.5, 0.6) is 0 Å². The van der Waals surface area contributed by atoms with E-state index in [1.165, 1.54) is 16.4 Å². The Morgan fingerprint density at radius 3 is 2.20 bits per heavy atom. The highest BCUT2D eigenvalue weighted by Gasteiger charge is 2.30. The second-order valence-corrected chi connectivity index (χ2v) is 7.39. The van der Waals surface area contributed by atoms with Crippen LogP contribution in [0.25, 0.3) is 0 Å². The number of halogens is 2. The minimum atomic E-state index is -3.60. The van der Waals surface area contributed by atoms with Crippen molar-refractivity contribution in [2.75, 3.05) is 25.9 Å². The molecule has 1 aromatic rings. The van der Waals surface area contributed by atoms with E-state index in [9.17, 15) is 8.42 Å². The lowest BCUT2D eigenvalue weighted by Crippen LogP contribution is -2.40. The van der Waals surface area contributed by atoms with Gasteiger partial charge in [-0.15, -0.1) is 0 Å². The lowest BCUT2D eigenvalue weighted by atomic mass is 10.1. The molecule has 0 unspecified atom stereocenters. The van der Waals surface area contributed by atoms with E-state index in [0.717, 1.165) is 0 Å². The molecule has 1 saturated heterocycles. The largest absolute Gasteiger partial charge is 0.396 e. The Bertz CT molecular complexity index is 576. The SMILES string of the molecule is COC1CCN(S(=O)(=O)c2cc(Cl)c(N)c(Cl)c2)CC1. The molecule has 0 aromatic heterocycles. The van der Waals surface area contributed by atoms with Gasteiger partial charge in [-0.3, -0.25) is 0 Å². The van der Waals surface area contributed by atoms with Gasteiger partial charge in [0.15, 0.2) is 0 Å². The Balaban J connectivity index is 2.27. The third-order valence-corrected chi connectivity index (χ3v) is 5.93. The molecular weight excluding hydrogens is 323 g/mol. The van der Waals surface area contributed by atoms with Crippen molar-refractivity contribution in [3.8, 4) is 0 Å². The first-order valence-electron chi connectivity index (χ1n) is 6.13. The van der Waals surface area contributed by atoms with E-state index in [2.05, 4.69) is 0 Å². The first-order chi connectivity index (χ1) is 9.36. The molecular formula is C12H16Cl2N2O3S. The monoisotopic (exact) mass is 338 g/mol. The number of anilines is 1. The molecule has 2 rings (SSSR count). The number of benzene rings is 1. The van der Waals surface area contributed by atoms with Gasteiger partial charge in [0.2, 0.25) is 10.0 Å². The van der Waals surface area contributed by atoms with Gasteiger partial charge < -0.3 is 10.5 Å². The van der Waals surface area contributed by atoms with E-state index in [1.807, 2.05) is 0 Å². The van der Waals surface area contributed by atoms with Crippen molar-refractivity contribution in [1.29, 1.82) is 0 Å². The Morgan fingerprint density at radius 2 is 1.75 bits per heavy atom. The lowest BCUT2D eigenvalue weighted by molar-refractivity contribution is 0.0604. The molecule has 0 aliphatic carbocycles. The summed E-state index contributed by atoms with van der Waals surface area (Å²) in [7, 11) is -1.97. The quantitative estimate of drug-likeness (QED) is 0.858. The number of ether oxygens (including phenoxy) is 1. The standard InChI is InChI=1S/C12H16Cl2N2O3S/c1-19-8-2-4-16(5-3-8)20(17,18)9-6-10(13)12(15)11(14)7-9/h6-8H,2-5,15H2,1H3. The molecule has 2 N–H and O–H groups in total. The van der Waals surface area contributed by atoms with Crippen LogP contribution in [0.15, 0.2) is 17.0 Å². The van der Waals surface area contributed by atoms with Gasteiger partial charge in [-0.25, -0.2) is 8.42 Å². The minimum absolute atomic E-state index is 0.0672. The average molecular weight is 339 g/mol. The lowest BCUT2D eigenvalue weighted by Gasteiger charge is -2.30. The number of rotatable bonds is 3. The molecule has 0 bridgehead atoms. The predicted octanol–water partition coefficient (Wildman–Crippen LogP) is 2.38. The summed E-state index contributed by atoms with van der Waals surface area (Å²) in [6.07, 6.45) is 1.46. The smallest absolute Gasteiger partial charge is 0.243 e. The Kier molecular flexibility index (Phi) is 4.81. The van der Waals surface area contributed by atoms with Crippen molar-refractivity contribution in [3.05, 3.63) is 22.2 Å². The fraction of sp³-hybridized carbons (Fsp3) is 0.500. The van der Waals surface area contributed by atoms with Crippen molar-refractivity contribution in [2.45, 2.75) is 23.8 Å². The molecule has 1 fully saturated rings. The Morgan fingerprint density at radius 1 is 1.25 bits per heavy atom. The van der Waals surface area contributed by atoms with Crippen LogP contribution in [0.2, 0.25) is 10.0 Å². The zero-order valence-electron chi connectivity index (χ0n) is 11.0. The van der Waals surface area contributed by atoms with Crippen LogP contribution < -0.4 is 5.73 Å². The van der Waals surface area contributed by atoms with E-state index in [1.54, 1.807) is 7.11 Å². The van der Waals surface area contributed by atoms with E-state index >= 15 is 0 Å². The van der Waals surface area contributed by atoms with Gasteiger partial charge in [0, 0.05) is 20.2 Å². The zero-order chi connectivity index (χ0) is 14.9. The van der Waals surface area contributed by atoms with E-state index in [4.69, 9.17) is 33.7 Å². The molecule has 0 radical (unpaired) electrons. The van der Waals surface area contributed by atoms with Crippen LogP contribution in [0.1, 0.15) is 12.8 Å². The number of hydrogen-bond donors (Lipinski definition) is 1. The summed E-state index contributed by atoms with van der Waals surface area (Å²) in [5.74, 6) is 0. The molecule has 0 saturated carbocycles. The van der Waals surface area contributed by atoms with Gasteiger partial charge in [0.1, 0.15) is 0 Å². The van der Waals surface area contributed by atoms with E-state index < -0.39 is 10.0 Å². The first kappa shape index (κ1) is 15.9.